The van der Waals surface area contributed by atoms with Gasteiger partial charge in [0.25, 0.3) is 5.91 Å². The summed E-state index contributed by atoms with van der Waals surface area (Å²) >= 11 is 0. The van der Waals surface area contributed by atoms with E-state index in [1.807, 2.05) is 6.92 Å². The maximum Gasteiger partial charge on any atom is 0.258 e. The zero-order valence-electron chi connectivity index (χ0n) is 10.3. The molecule has 1 heterocycles. The van der Waals surface area contributed by atoms with Gasteiger partial charge in [-0.2, -0.15) is 0 Å². The Kier molecular flexibility index (Phi) is 3.29. The second-order valence-electron chi connectivity index (χ2n) is 4.24. The Morgan fingerprint density at radius 3 is 2.89 bits per heavy atom. The van der Waals surface area contributed by atoms with Crippen LogP contribution < -0.4 is 10.5 Å². The molecule has 3 N–H and O–H groups in total. The van der Waals surface area contributed by atoms with Crippen LogP contribution in [0.3, 0.4) is 0 Å². The second kappa shape index (κ2) is 4.73. The summed E-state index contributed by atoms with van der Waals surface area (Å²) in [6, 6.07) is 2.77. The quantitative estimate of drug-likeness (QED) is 0.760. The molecule has 18 heavy (non-hydrogen) atoms. The summed E-state index contributed by atoms with van der Waals surface area (Å²) in [4.78, 5) is 13.9. The Morgan fingerprint density at radius 1 is 1.61 bits per heavy atom. The van der Waals surface area contributed by atoms with Gasteiger partial charge in [-0.1, -0.05) is 0 Å². The highest BCUT2D eigenvalue weighted by Crippen LogP contribution is 2.32. The van der Waals surface area contributed by atoms with Crippen molar-refractivity contribution in [1.29, 1.82) is 0 Å². The fourth-order valence-electron chi connectivity index (χ4n) is 1.89. The molecule has 0 aliphatic carbocycles. The van der Waals surface area contributed by atoms with Crippen LogP contribution in [0.5, 0.6) is 11.5 Å². The molecule has 6 heteroatoms. The summed E-state index contributed by atoms with van der Waals surface area (Å²) < 4.78 is 10.2. The SMILES string of the molecule is COc1cc(C(=O)N2COC[C@H]2C)c(N)cc1O. The number of rotatable bonds is 2. The number of carbonyl (C=O) groups excluding carboxylic acids is 1. The lowest BCUT2D eigenvalue weighted by Crippen LogP contribution is -2.35. The summed E-state index contributed by atoms with van der Waals surface area (Å²) in [7, 11) is 1.42. The average molecular weight is 252 g/mol. The predicted octanol–water partition coefficient (Wildman–Crippen LogP) is 0.801. The summed E-state index contributed by atoms with van der Waals surface area (Å²) in [6.45, 7) is 2.67. The molecule has 6 nitrogen and oxygen atoms in total. The van der Waals surface area contributed by atoms with Gasteiger partial charge >= 0.3 is 0 Å². The molecule has 0 saturated carbocycles. The van der Waals surface area contributed by atoms with Crippen LogP contribution in [0.2, 0.25) is 0 Å². The lowest BCUT2D eigenvalue weighted by atomic mass is 10.1. The van der Waals surface area contributed by atoms with Gasteiger partial charge in [-0.05, 0) is 13.0 Å². The number of ether oxygens (including phenoxy) is 2. The second-order valence-corrected chi connectivity index (χ2v) is 4.24. The molecule has 0 radical (unpaired) electrons. The van der Waals surface area contributed by atoms with E-state index in [2.05, 4.69) is 0 Å². The molecule has 0 aromatic heterocycles. The molecule has 1 atom stereocenters. The van der Waals surface area contributed by atoms with Crippen molar-refractivity contribution in [2.45, 2.75) is 13.0 Å². The lowest BCUT2D eigenvalue weighted by molar-refractivity contribution is 0.0667. The van der Waals surface area contributed by atoms with E-state index in [9.17, 15) is 9.90 Å². The molecule has 1 aromatic carbocycles. The van der Waals surface area contributed by atoms with Crippen LogP contribution in [0.25, 0.3) is 0 Å². The molecule has 2 rings (SSSR count). The Morgan fingerprint density at radius 2 is 2.33 bits per heavy atom. The smallest absolute Gasteiger partial charge is 0.258 e. The van der Waals surface area contributed by atoms with E-state index in [0.29, 0.717) is 12.2 Å². The van der Waals surface area contributed by atoms with Gasteiger partial charge < -0.3 is 25.2 Å². The highest BCUT2D eigenvalue weighted by Gasteiger charge is 2.28. The van der Waals surface area contributed by atoms with Gasteiger partial charge in [0.2, 0.25) is 0 Å². The zero-order chi connectivity index (χ0) is 13.3. The first-order valence-electron chi connectivity index (χ1n) is 5.59. The first-order valence-corrected chi connectivity index (χ1v) is 5.59. The molecule has 1 aliphatic rings. The van der Waals surface area contributed by atoms with Crippen molar-refractivity contribution in [3.63, 3.8) is 0 Å². The van der Waals surface area contributed by atoms with Gasteiger partial charge in [0, 0.05) is 11.8 Å². The molecule has 1 saturated heterocycles. The van der Waals surface area contributed by atoms with Crippen LogP contribution in [0.4, 0.5) is 5.69 Å². The van der Waals surface area contributed by atoms with Crippen LogP contribution in [0.15, 0.2) is 12.1 Å². The Labute approximate surface area is 105 Å². The zero-order valence-corrected chi connectivity index (χ0v) is 10.3. The first kappa shape index (κ1) is 12.5. The number of nitrogens with zero attached hydrogens (tertiary/aromatic N) is 1. The highest BCUT2D eigenvalue weighted by molar-refractivity contribution is 6.00. The fraction of sp³-hybridized carbons (Fsp3) is 0.417. The molecule has 0 spiro atoms. The molecular formula is C12H16N2O4. The first-order chi connectivity index (χ1) is 8.54. The Hall–Kier alpha value is -1.95. The van der Waals surface area contributed by atoms with Crippen molar-refractivity contribution in [3.05, 3.63) is 17.7 Å². The fourth-order valence-corrected chi connectivity index (χ4v) is 1.89. The molecule has 1 aliphatic heterocycles. The number of nitrogens with two attached hydrogens (primary N) is 1. The van der Waals surface area contributed by atoms with Crippen LogP contribution in [-0.2, 0) is 4.74 Å². The third-order valence-electron chi connectivity index (χ3n) is 2.96. The van der Waals surface area contributed by atoms with E-state index >= 15 is 0 Å². The van der Waals surface area contributed by atoms with E-state index in [4.69, 9.17) is 15.2 Å². The number of amides is 1. The number of phenols is 1. The van der Waals surface area contributed by atoms with E-state index < -0.39 is 0 Å². The molecule has 1 aromatic rings. The average Bonchev–Trinajstić information content (AvgIpc) is 2.75. The standard InChI is InChI=1S/C12H16N2O4/c1-7-5-18-6-14(7)12(16)8-3-11(17-2)10(15)4-9(8)13/h3-4,7,15H,5-6,13H2,1-2H3/t7-/m1/s1. The van der Waals surface area contributed by atoms with Gasteiger partial charge in [0.05, 0.1) is 25.3 Å². The monoisotopic (exact) mass is 252 g/mol. The van der Waals surface area contributed by atoms with E-state index in [1.54, 1.807) is 4.90 Å². The van der Waals surface area contributed by atoms with Crippen molar-refractivity contribution in [2.24, 2.45) is 0 Å². The number of phenolic OH excluding ortho intramolecular Hbond substituents is 1. The van der Waals surface area contributed by atoms with E-state index in [1.165, 1.54) is 19.2 Å². The normalized spacial score (nSPS) is 19.0. The number of hydrogen-bond acceptors (Lipinski definition) is 5. The van der Waals surface area contributed by atoms with Crippen LogP contribution >= 0.6 is 0 Å². The minimum absolute atomic E-state index is 0.0108. The number of methoxy groups -OCH3 is 1. The van der Waals surface area contributed by atoms with Gasteiger partial charge in [-0.15, -0.1) is 0 Å². The molecule has 98 valence electrons. The summed E-state index contributed by atoms with van der Waals surface area (Å²) in [5.74, 6) is -0.0895. The van der Waals surface area contributed by atoms with Crippen molar-refractivity contribution in [3.8, 4) is 11.5 Å². The summed E-state index contributed by atoms with van der Waals surface area (Å²) in [6.07, 6.45) is 0. The van der Waals surface area contributed by atoms with Crippen LogP contribution in [-0.4, -0.2) is 42.4 Å². The van der Waals surface area contributed by atoms with Gasteiger partial charge in [-0.3, -0.25) is 4.79 Å². The van der Waals surface area contributed by atoms with Crippen molar-refractivity contribution >= 4 is 11.6 Å². The summed E-state index contributed by atoms with van der Waals surface area (Å²) in [5.41, 5.74) is 6.28. The highest BCUT2D eigenvalue weighted by atomic mass is 16.5. The van der Waals surface area contributed by atoms with Gasteiger partial charge in [0.15, 0.2) is 11.5 Å². The Balaban J connectivity index is 2.35. The van der Waals surface area contributed by atoms with Crippen molar-refractivity contribution in [2.75, 3.05) is 26.2 Å². The molecule has 0 unspecified atom stereocenters. The van der Waals surface area contributed by atoms with E-state index in [0.717, 1.165) is 0 Å². The van der Waals surface area contributed by atoms with E-state index in [-0.39, 0.29) is 35.9 Å². The minimum Gasteiger partial charge on any atom is -0.504 e. The maximum absolute atomic E-state index is 12.3. The summed E-state index contributed by atoms with van der Waals surface area (Å²) in [5, 5.41) is 9.56. The third-order valence-corrected chi connectivity index (χ3v) is 2.96. The van der Waals surface area contributed by atoms with Crippen LogP contribution in [0, 0.1) is 0 Å². The molecule has 1 fully saturated rings. The third kappa shape index (κ3) is 2.06. The van der Waals surface area contributed by atoms with Gasteiger partial charge in [-0.25, -0.2) is 0 Å². The van der Waals surface area contributed by atoms with Gasteiger partial charge in [0.1, 0.15) is 6.73 Å². The Bertz CT molecular complexity index is 475. The molecule has 1 amide bonds. The lowest BCUT2D eigenvalue weighted by Gasteiger charge is -2.20. The number of carbonyl (C=O) groups is 1. The number of benzene rings is 1. The predicted molar refractivity (Wildman–Crippen MR) is 65.5 cm³/mol. The number of nitrogen functional groups attached to an aromatic ring is 1. The largest absolute Gasteiger partial charge is 0.504 e. The van der Waals surface area contributed by atoms with Crippen molar-refractivity contribution < 1.29 is 19.4 Å². The van der Waals surface area contributed by atoms with Crippen LogP contribution in [0.1, 0.15) is 17.3 Å². The van der Waals surface area contributed by atoms with Crippen molar-refractivity contribution in [1.82, 2.24) is 4.90 Å². The number of anilines is 1. The topological polar surface area (TPSA) is 85.0 Å². The molecule has 0 bridgehead atoms. The number of hydrogen-bond donors (Lipinski definition) is 2. The molecular weight excluding hydrogens is 236 g/mol. The minimum atomic E-state index is -0.226. The maximum atomic E-state index is 12.3. The number of aromatic hydroxyl groups is 1.